The summed E-state index contributed by atoms with van der Waals surface area (Å²) < 4.78 is 0. The molecule has 1 saturated carbocycles. The van der Waals surface area contributed by atoms with E-state index in [4.69, 9.17) is 5.73 Å². The van der Waals surface area contributed by atoms with Gasteiger partial charge in [0.15, 0.2) is 0 Å². The molecule has 10 heavy (non-hydrogen) atoms. The second-order valence-electron chi connectivity index (χ2n) is 4.31. The van der Waals surface area contributed by atoms with Gasteiger partial charge in [0, 0.05) is 0 Å². The Hall–Kier alpha value is -0.0400. The molecule has 0 heterocycles. The Balaban J connectivity index is 2.58. The normalized spacial score (nSPS) is 38.4. The van der Waals surface area contributed by atoms with Gasteiger partial charge < -0.3 is 5.73 Å². The Bertz CT molecular complexity index is 118. The van der Waals surface area contributed by atoms with Crippen LogP contribution < -0.4 is 5.73 Å². The molecule has 0 saturated heterocycles. The summed E-state index contributed by atoms with van der Waals surface area (Å²) in [5.74, 6) is 1.60. The van der Waals surface area contributed by atoms with E-state index in [2.05, 4.69) is 20.8 Å². The predicted octanol–water partition coefficient (Wildman–Crippen LogP) is 2.02. The van der Waals surface area contributed by atoms with Gasteiger partial charge in [0.2, 0.25) is 0 Å². The number of hydrogen-bond acceptors (Lipinski definition) is 1. The van der Waals surface area contributed by atoms with Crippen LogP contribution in [-0.4, -0.2) is 6.54 Å². The Morgan fingerprint density at radius 2 is 2.10 bits per heavy atom. The van der Waals surface area contributed by atoms with Gasteiger partial charge in [-0.2, -0.15) is 0 Å². The van der Waals surface area contributed by atoms with Gasteiger partial charge in [-0.3, -0.25) is 0 Å². The van der Waals surface area contributed by atoms with Crippen LogP contribution in [0.1, 0.15) is 33.6 Å². The van der Waals surface area contributed by atoms with Crippen molar-refractivity contribution >= 4 is 0 Å². The van der Waals surface area contributed by atoms with E-state index in [0.29, 0.717) is 5.41 Å². The van der Waals surface area contributed by atoms with E-state index < -0.39 is 0 Å². The van der Waals surface area contributed by atoms with E-state index in [-0.39, 0.29) is 0 Å². The van der Waals surface area contributed by atoms with Crippen molar-refractivity contribution in [1.29, 1.82) is 0 Å². The van der Waals surface area contributed by atoms with E-state index in [1.54, 1.807) is 0 Å². The van der Waals surface area contributed by atoms with Crippen LogP contribution in [0.5, 0.6) is 0 Å². The van der Waals surface area contributed by atoms with Crippen LogP contribution in [0, 0.1) is 17.3 Å². The zero-order chi connectivity index (χ0) is 7.78. The van der Waals surface area contributed by atoms with Crippen molar-refractivity contribution in [2.24, 2.45) is 23.0 Å². The highest BCUT2D eigenvalue weighted by molar-refractivity contribution is 4.88. The Labute approximate surface area is 64.0 Å². The third-order valence-corrected chi connectivity index (χ3v) is 3.40. The maximum absolute atomic E-state index is 5.65. The molecular formula is C9H19N. The molecule has 0 aliphatic heterocycles. The molecule has 1 aliphatic rings. The molecule has 60 valence electrons. The molecule has 2 unspecified atom stereocenters. The third-order valence-electron chi connectivity index (χ3n) is 3.40. The van der Waals surface area contributed by atoms with E-state index in [0.717, 1.165) is 18.4 Å². The lowest BCUT2D eigenvalue weighted by Crippen LogP contribution is -2.23. The standard InChI is InChI=1S/C9H19N/c1-7-8(6-10)4-5-9(7,2)3/h7-8H,4-6,10H2,1-3H3. The van der Waals surface area contributed by atoms with E-state index in [1.807, 2.05) is 0 Å². The van der Waals surface area contributed by atoms with Crippen molar-refractivity contribution in [2.45, 2.75) is 33.6 Å². The predicted molar refractivity (Wildman–Crippen MR) is 44.7 cm³/mol. The highest BCUT2D eigenvalue weighted by Gasteiger charge is 2.37. The molecule has 0 aromatic heterocycles. The van der Waals surface area contributed by atoms with Crippen LogP contribution in [0.4, 0.5) is 0 Å². The lowest BCUT2D eigenvalue weighted by Gasteiger charge is -2.26. The summed E-state index contributed by atoms with van der Waals surface area (Å²) in [6, 6.07) is 0. The average Bonchev–Trinajstić information content (AvgIpc) is 2.10. The van der Waals surface area contributed by atoms with Crippen LogP contribution in [0.15, 0.2) is 0 Å². The van der Waals surface area contributed by atoms with Crippen molar-refractivity contribution in [3.8, 4) is 0 Å². The first-order valence-electron chi connectivity index (χ1n) is 4.28. The van der Waals surface area contributed by atoms with Gasteiger partial charge in [-0.15, -0.1) is 0 Å². The van der Waals surface area contributed by atoms with Crippen molar-refractivity contribution < 1.29 is 0 Å². The molecule has 1 nitrogen and oxygen atoms in total. The second kappa shape index (κ2) is 2.54. The zero-order valence-corrected chi connectivity index (χ0v) is 7.35. The van der Waals surface area contributed by atoms with Crippen molar-refractivity contribution in [3.63, 3.8) is 0 Å². The number of nitrogens with two attached hydrogens (primary N) is 1. The first-order valence-corrected chi connectivity index (χ1v) is 4.28. The molecule has 2 N–H and O–H groups in total. The molecule has 0 aromatic carbocycles. The fourth-order valence-electron chi connectivity index (χ4n) is 2.00. The molecule has 0 amide bonds. The van der Waals surface area contributed by atoms with E-state index in [1.165, 1.54) is 12.8 Å². The van der Waals surface area contributed by atoms with Gasteiger partial charge in [0.05, 0.1) is 0 Å². The summed E-state index contributed by atoms with van der Waals surface area (Å²) in [7, 11) is 0. The minimum absolute atomic E-state index is 0.546. The van der Waals surface area contributed by atoms with Gasteiger partial charge in [0.1, 0.15) is 0 Å². The van der Waals surface area contributed by atoms with Crippen LogP contribution in [0.25, 0.3) is 0 Å². The van der Waals surface area contributed by atoms with Crippen LogP contribution in [0.3, 0.4) is 0 Å². The molecular weight excluding hydrogens is 122 g/mol. The lowest BCUT2D eigenvalue weighted by atomic mass is 9.80. The van der Waals surface area contributed by atoms with E-state index >= 15 is 0 Å². The number of hydrogen-bond donors (Lipinski definition) is 1. The average molecular weight is 141 g/mol. The maximum Gasteiger partial charge on any atom is -0.00461 e. The highest BCUT2D eigenvalue weighted by Crippen LogP contribution is 2.45. The summed E-state index contributed by atoms with van der Waals surface area (Å²) in [4.78, 5) is 0. The largest absolute Gasteiger partial charge is 0.330 e. The molecule has 0 radical (unpaired) electrons. The Morgan fingerprint density at radius 1 is 1.50 bits per heavy atom. The van der Waals surface area contributed by atoms with Crippen molar-refractivity contribution in [3.05, 3.63) is 0 Å². The maximum atomic E-state index is 5.65. The molecule has 0 aromatic rings. The molecule has 1 fully saturated rings. The fraction of sp³-hybridized carbons (Fsp3) is 1.00. The SMILES string of the molecule is CC1C(CN)CCC1(C)C. The zero-order valence-electron chi connectivity index (χ0n) is 7.35. The smallest absolute Gasteiger partial charge is 0.00461 e. The lowest BCUT2D eigenvalue weighted by molar-refractivity contribution is 0.242. The summed E-state index contributed by atoms with van der Waals surface area (Å²) in [5, 5.41) is 0. The third kappa shape index (κ3) is 1.20. The highest BCUT2D eigenvalue weighted by atomic mass is 14.6. The van der Waals surface area contributed by atoms with Crippen molar-refractivity contribution in [1.82, 2.24) is 0 Å². The molecule has 2 atom stereocenters. The van der Waals surface area contributed by atoms with Crippen LogP contribution in [0.2, 0.25) is 0 Å². The van der Waals surface area contributed by atoms with Crippen LogP contribution in [-0.2, 0) is 0 Å². The fourth-order valence-corrected chi connectivity index (χ4v) is 2.00. The quantitative estimate of drug-likeness (QED) is 0.594. The number of rotatable bonds is 1. The monoisotopic (exact) mass is 141 g/mol. The van der Waals surface area contributed by atoms with E-state index in [9.17, 15) is 0 Å². The Morgan fingerprint density at radius 3 is 2.30 bits per heavy atom. The second-order valence-corrected chi connectivity index (χ2v) is 4.31. The molecule has 0 spiro atoms. The van der Waals surface area contributed by atoms with Gasteiger partial charge >= 0.3 is 0 Å². The van der Waals surface area contributed by atoms with Gasteiger partial charge in [0.25, 0.3) is 0 Å². The summed E-state index contributed by atoms with van der Waals surface area (Å²) in [6.07, 6.45) is 2.70. The first kappa shape index (κ1) is 8.06. The molecule has 1 heteroatoms. The topological polar surface area (TPSA) is 26.0 Å². The molecule has 0 bridgehead atoms. The summed E-state index contributed by atoms with van der Waals surface area (Å²) in [6.45, 7) is 7.93. The first-order chi connectivity index (χ1) is 4.58. The van der Waals surface area contributed by atoms with Gasteiger partial charge in [-0.05, 0) is 36.6 Å². The summed E-state index contributed by atoms with van der Waals surface area (Å²) >= 11 is 0. The molecule has 1 aliphatic carbocycles. The Kier molecular flexibility index (Phi) is 2.04. The molecule has 1 rings (SSSR count). The van der Waals surface area contributed by atoms with Crippen LogP contribution >= 0.6 is 0 Å². The van der Waals surface area contributed by atoms with Gasteiger partial charge in [-0.25, -0.2) is 0 Å². The van der Waals surface area contributed by atoms with Gasteiger partial charge in [-0.1, -0.05) is 20.8 Å². The minimum atomic E-state index is 0.546. The summed E-state index contributed by atoms with van der Waals surface area (Å²) in [5.41, 5.74) is 6.19. The minimum Gasteiger partial charge on any atom is -0.330 e. The van der Waals surface area contributed by atoms with Crippen molar-refractivity contribution in [2.75, 3.05) is 6.54 Å².